The van der Waals surface area contributed by atoms with Gasteiger partial charge in [-0.3, -0.25) is 19.3 Å². The first-order chi connectivity index (χ1) is 14.4. The highest BCUT2D eigenvalue weighted by atomic mass is 35.5. The molecule has 0 unspecified atom stereocenters. The molecule has 0 spiro atoms. The minimum Gasteiger partial charge on any atom is -0.324 e. The van der Waals surface area contributed by atoms with E-state index in [1.54, 1.807) is 6.08 Å². The maximum atomic E-state index is 13.2. The average Bonchev–Trinajstić information content (AvgIpc) is 2.98. The number of benzene rings is 3. The van der Waals surface area contributed by atoms with Crippen LogP contribution in [0.3, 0.4) is 0 Å². The van der Waals surface area contributed by atoms with Gasteiger partial charge in [0.05, 0.1) is 9.93 Å². The SMILES string of the molecule is O=C(CN1C(=O)S/C(=C/c2cccc3ccccc23)C1=O)Nc1ccc(F)c(Cl)c1. The van der Waals surface area contributed by atoms with Crippen molar-refractivity contribution in [2.45, 2.75) is 0 Å². The molecule has 0 saturated carbocycles. The van der Waals surface area contributed by atoms with E-state index in [1.807, 2.05) is 42.5 Å². The molecule has 1 fully saturated rings. The normalized spacial score (nSPS) is 15.3. The molecule has 8 heteroatoms. The molecule has 1 aliphatic rings. The second kappa shape index (κ2) is 8.30. The van der Waals surface area contributed by atoms with Gasteiger partial charge in [-0.2, -0.15) is 0 Å². The number of carbonyl (C=O) groups is 3. The van der Waals surface area contributed by atoms with Gasteiger partial charge in [0.1, 0.15) is 12.4 Å². The second-order valence-electron chi connectivity index (χ2n) is 6.51. The van der Waals surface area contributed by atoms with Gasteiger partial charge in [-0.25, -0.2) is 4.39 Å². The van der Waals surface area contributed by atoms with E-state index in [2.05, 4.69) is 5.32 Å². The fourth-order valence-corrected chi connectivity index (χ4v) is 4.08. The molecular formula is C22H14ClFN2O3S. The number of hydrogen-bond donors (Lipinski definition) is 1. The van der Waals surface area contributed by atoms with E-state index >= 15 is 0 Å². The molecule has 1 saturated heterocycles. The Morgan fingerprint density at radius 1 is 1.10 bits per heavy atom. The van der Waals surface area contributed by atoms with E-state index in [0.29, 0.717) is 0 Å². The summed E-state index contributed by atoms with van der Waals surface area (Å²) in [5.41, 5.74) is 1.08. The van der Waals surface area contributed by atoms with Crippen molar-refractivity contribution in [1.29, 1.82) is 0 Å². The molecule has 0 atom stereocenters. The van der Waals surface area contributed by atoms with Crippen LogP contribution < -0.4 is 5.32 Å². The quantitative estimate of drug-likeness (QED) is 0.558. The highest BCUT2D eigenvalue weighted by molar-refractivity contribution is 8.18. The largest absolute Gasteiger partial charge is 0.324 e. The average molecular weight is 441 g/mol. The van der Waals surface area contributed by atoms with Crippen LogP contribution in [-0.2, 0) is 9.59 Å². The summed E-state index contributed by atoms with van der Waals surface area (Å²) in [5.74, 6) is -1.74. The molecule has 1 N–H and O–H groups in total. The summed E-state index contributed by atoms with van der Waals surface area (Å²) in [4.78, 5) is 38.4. The van der Waals surface area contributed by atoms with Crippen LogP contribution in [0.5, 0.6) is 0 Å². The molecular weight excluding hydrogens is 427 g/mol. The molecule has 30 heavy (non-hydrogen) atoms. The minimum absolute atomic E-state index is 0.142. The monoisotopic (exact) mass is 440 g/mol. The Balaban J connectivity index is 1.51. The first kappa shape index (κ1) is 20.1. The summed E-state index contributed by atoms with van der Waals surface area (Å²) >= 11 is 6.48. The van der Waals surface area contributed by atoms with Crippen LogP contribution in [0.15, 0.2) is 65.6 Å². The molecule has 4 rings (SSSR count). The summed E-state index contributed by atoms with van der Waals surface area (Å²) < 4.78 is 13.2. The summed E-state index contributed by atoms with van der Waals surface area (Å²) in [7, 11) is 0. The Morgan fingerprint density at radius 2 is 1.87 bits per heavy atom. The lowest BCUT2D eigenvalue weighted by Crippen LogP contribution is -2.36. The van der Waals surface area contributed by atoms with Crippen molar-refractivity contribution in [3.63, 3.8) is 0 Å². The third-order valence-corrected chi connectivity index (χ3v) is 5.69. The molecule has 1 heterocycles. The third-order valence-electron chi connectivity index (χ3n) is 4.49. The van der Waals surface area contributed by atoms with Crippen molar-refractivity contribution >= 4 is 63.0 Å². The van der Waals surface area contributed by atoms with Gasteiger partial charge in [-0.1, -0.05) is 54.1 Å². The maximum Gasteiger partial charge on any atom is 0.294 e. The fourth-order valence-electron chi connectivity index (χ4n) is 3.07. The number of halogens is 2. The molecule has 0 aromatic heterocycles. The predicted molar refractivity (Wildman–Crippen MR) is 117 cm³/mol. The number of nitrogens with one attached hydrogen (secondary N) is 1. The molecule has 0 radical (unpaired) electrons. The number of hydrogen-bond acceptors (Lipinski definition) is 4. The van der Waals surface area contributed by atoms with Crippen molar-refractivity contribution in [2.24, 2.45) is 0 Å². The second-order valence-corrected chi connectivity index (χ2v) is 7.91. The van der Waals surface area contributed by atoms with Gasteiger partial charge in [0.2, 0.25) is 5.91 Å². The summed E-state index contributed by atoms with van der Waals surface area (Å²) in [6, 6.07) is 17.1. The van der Waals surface area contributed by atoms with Crippen LogP contribution in [0.4, 0.5) is 14.9 Å². The summed E-state index contributed by atoms with van der Waals surface area (Å²) in [5, 5.41) is 3.80. The lowest BCUT2D eigenvalue weighted by molar-refractivity contribution is -0.127. The van der Waals surface area contributed by atoms with E-state index in [4.69, 9.17) is 11.6 Å². The van der Waals surface area contributed by atoms with Crippen molar-refractivity contribution in [3.05, 3.63) is 82.0 Å². The Hall–Kier alpha value is -3.16. The number of amides is 3. The zero-order valence-corrected chi connectivity index (χ0v) is 17.0. The number of thioether (sulfide) groups is 1. The lowest BCUT2D eigenvalue weighted by atomic mass is 10.0. The van der Waals surface area contributed by atoms with E-state index in [9.17, 15) is 18.8 Å². The number of anilines is 1. The topological polar surface area (TPSA) is 66.5 Å². The van der Waals surface area contributed by atoms with Gasteiger partial charge in [0.15, 0.2) is 0 Å². The number of imide groups is 1. The molecule has 3 amide bonds. The number of nitrogens with zero attached hydrogens (tertiary/aromatic N) is 1. The molecule has 150 valence electrons. The smallest absolute Gasteiger partial charge is 0.294 e. The van der Waals surface area contributed by atoms with Gasteiger partial charge >= 0.3 is 0 Å². The Bertz CT molecular complexity index is 1220. The zero-order chi connectivity index (χ0) is 21.3. The zero-order valence-electron chi connectivity index (χ0n) is 15.4. The van der Waals surface area contributed by atoms with Gasteiger partial charge in [0.25, 0.3) is 11.1 Å². The van der Waals surface area contributed by atoms with Crippen LogP contribution in [0.2, 0.25) is 5.02 Å². The van der Waals surface area contributed by atoms with Gasteiger partial charge in [0, 0.05) is 5.69 Å². The van der Waals surface area contributed by atoms with E-state index in [0.717, 1.165) is 39.1 Å². The van der Waals surface area contributed by atoms with E-state index < -0.39 is 29.4 Å². The van der Waals surface area contributed by atoms with E-state index in [-0.39, 0.29) is 15.6 Å². The highest BCUT2D eigenvalue weighted by Gasteiger charge is 2.36. The van der Waals surface area contributed by atoms with Crippen molar-refractivity contribution in [1.82, 2.24) is 4.90 Å². The minimum atomic E-state index is -0.612. The predicted octanol–water partition coefficient (Wildman–Crippen LogP) is 5.31. The van der Waals surface area contributed by atoms with Crippen LogP contribution in [-0.4, -0.2) is 28.5 Å². The van der Waals surface area contributed by atoms with Crippen LogP contribution in [0.25, 0.3) is 16.8 Å². The van der Waals surface area contributed by atoms with Gasteiger partial charge < -0.3 is 5.32 Å². The molecule has 0 aliphatic carbocycles. The lowest BCUT2D eigenvalue weighted by Gasteiger charge is -2.12. The Kier molecular flexibility index (Phi) is 5.57. The third kappa shape index (κ3) is 4.08. The van der Waals surface area contributed by atoms with Crippen LogP contribution in [0, 0.1) is 5.82 Å². The number of fused-ring (bicyclic) bond motifs is 1. The van der Waals surface area contributed by atoms with Crippen molar-refractivity contribution in [2.75, 3.05) is 11.9 Å². The first-order valence-electron chi connectivity index (χ1n) is 8.90. The first-order valence-corrected chi connectivity index (χ1v) is 10.1. The molecule has 0 bridgehead atoms. The Morgan fingerprint density at radius 3 is 2.67 bits per heavy atom. The van der Waals surface area contributed by atoms with Crippen molar-refractivity contribution < 1.29 is 18.8 Å². The van der Waals surface area contributed by atoms with Crippen LogP contribution in [0.1, 0.15) is 5.56 Å². The van der Waals surface area contributed by atoms with Gasteiger partial charge in [-0.05, 0) is 52.4 Å². The fraction of sp³-hybridized carbons (Fsp3) is 0.0455. The molecule has 1 aliphatic heterocycles. The summed E-state index contributed by atoms with van der Waals surface area (Å²) in [6.07, 6.45) is 1.66. The number of carbonyl (C=O) groups excluding carboxylic acids is 3. The Labute approximate surface area is 180 Å². The van der Waals surface area contributed by atoms with E-state index in [1.165, 1.54) is 12.1 Å². The highest BCUT2D eigenvalue weighted by Crippen LogP contribution is 2.33. The maximum absolute atomic E-state index is 13.2. The molecule has 3 aromatic rings. The van der Waals surface area contributed by atoms with Gasteiger partial charge in [-0.15, -0.1) is 0 Å². The van der Waals surface area contributed by atoms with Crippen LogP contribution >= 0.6 is 23.4 Å². The van der Waals surface area contributed by atoms with Crippen molar-refractivity contribution in [3.8, 4) is 0 Å². The molecule has 5 nitrogen and oxygen atoms in total. The standard InChI is InChI=1S/C22H14ClFN2O3S/c23-17-11-15(8-9-18(17)24)25-20(27)12-26-21(28)19(30-22(26)29)10-14-6-3-5-13-4-1-2-7-16(13)14/h1-11H,12H2,(H,25,27)/b19-10+. The number of rotatable bonds is 4. The summed E-state index contributed by atoms with van der Waals surface area (Å²) in [6.45, 7) is -0.452. The molecule has 3 aromatic carbocycles.